The third-order valence-corrected chi connectivity index (χ3v) is 4.72. The molecule has 17 heavy (non-hydrogen) atoms. The molecule has 1 aromatic carbocycles. The first-order valence-corrected chi connectivity index (χ1v) is 6.85. The highest BCUT2D eigenvalue weighted by Crippen LogP contribution is 2.23. The summed E-state index contributed by atoms with van der Waals surface area (Å²) in [5.41, 5.74) is 0. The maximum atomic E-state index is 12.1. The Kier molecular flexibility index (Phi) is 3.42. The quantitative estimate of drug-likeness (QED) is 0.802. The summed E-state index contributed by atoms with van der Waals surface area (Å²) in [5, 5.41) is 19.0. The Morgan fingerprint density at radius 2 is 1.82 bits per heavy atom. The van der Waals surface area contributed by atoms with Gasteiger partial charge in [-0.15, -0.1) is 0 Å². The molecule has 1 aliphatic heterocycles. The molecule has 0 aromatic heterocycles. The lowest BCUT2D eigenvalue weighted by atomic mass is 10.3. The average molecular weight is 278 g/mol. The zero-order chi connectivity index (χ0) is 12.6. The molecule has 0 saturated carbocycles. The molecule has 1 aromatic rings. The molecule has 0 radical (unpaired) electrons. The first-order valence-electron chi connectivity index (χ1n) is 5.03. The van der Waals surface area contributed by atoms with Gasteiger partial charge in [-0.25, -0.2) is 8.42 Å². The fourth-order valence-electron chi connectivity index (χ4n) is 1.71. The molecule has 2 N–H and O–H groups in total. The number of β-amino-alcohol motifs (C(OH)–C–C–N with tert-alkyl or cyclic N) is 2. The Morgan fingerprint density at radius 1 is 1.24 bits per heavy atom. The molecule has 2 rings (SSSR count). The monoisotopic (exact) mass is 277 g/mol. The number of aliphatic hydroxyl groups excluding tert-OH is 2. The first kappa shape index (κ1) is 12.8. The number of sulfonamides is 1. The molecule has 1 fully saturated rings. The van der Waals surface area contributed by atoms with Crippen LogP contribution in [0.5, 0.6) is 0 Å². The second kappa shape index (κ2) is 4.55. The number of hydrogen-bond donors (Lipinski definition) is 2. The van der Waals surface area contributed by atoms with E-state index in [0.717, 1.165) is 4.31 Å². The number of aliphatic hydroxyl groups is 2. The van der Waals surface area contributed by atoms with Crippen LogP contribution >= 0.6 is 11.6 Å². The van der Waals surface area contributed by atoms with E-state index in [1.54, 1.807) is 6.07 Å². The molecule has 1 heterocycles. The Morgan fingerprint density at radius 3 is 2.35 bits per heavy atom. The molecule has 1 aliphatic rings. The molecule has 0 amide bonds. The van der Waals surface area contributed by atoms with Crippen LogP contribution in [-0.2, 0) is 10.0 Å². The molecule has 7 heteroatoms. The first-order chi connectivity index (χ1) is 7.91. The van der Waals surface area contributed by atoms with E-state index >= 15 is 0 Å². The van der Waals surface area contributed by atoms with E-state index in [1.807, 2.05) is 0 Å². The lowest BCUT2D eigenvalue weighted by Gasteiger charge is -2.15. The average Bonchev–Trinajstić information content (AvgIpc) is 2.60. The van der Waals surface area contributed by atoms with E-state index < -0.39 is 22.2 Å². The van der Waals surface area contributed by atoms with Crippen LogP contribution in [0, 0.1) is 0 Å². The Hall–Kier alpha value is -0.660. The maximum Gasteiger partial charge on any atom is 0.243 e. The van der Waals surface area contributed by atoms with E-state index in [9.17, 15) is 18.6 Å². The molecule has 0 unspecified atom stereocenters. The molecule has 0 spiro atoms. The van der Waals surface area contributed by atoms with Gasteiger partial charge in [0.05, 0.1) is 17.1 Å². The van der Waals surface area contributed by atoms with Crippen molar-refractivity contribution in [2.24, 2.45) is 0 Å². The van der Waals surface area contributed by atoms with Gasteiger partial charge in [0.15, 0.2) is 0 Å². The maximum absolute atomic E-state index is 12.1. The number of hydrogen-bond acceptors (Lipinski definition) is 4. The van der Waals surface area contributed by atoms with E-state index in [1.165, 1.54) is 18.2 Å². The smallest absolute Gasteiger partial charge is 0.243 e. The van der Waals surface area contributed by atoms with Crippen molar-refractivity contribution >= 4 is 21.6 Å². The number of nitrogens with zero attached hydrogens (tertiary/aromatic N) is 1. The van der Waals surface area contributed by atoms with Crippen LogP contribution in [-0.4, -0.2) is 48.2 Å². The largest absolute Gasteiger partial charge is 0.389 e. The predicted molar refractivity (Wildman–Crippen MR) is 62.2 cm³/mol. The minimum atomic E-state index is -3.70. The van der Waals surface area contributed by atoms with Gasteiger partial charge in [-0.3, -0.25) is 0 Å². The topological polar surface area (TPSA) is 77.8 Å². The fraction of sp³-hybridized carbons (Fsp3) is 0.400. The summed E-state index contributed by atoms with van der Waals surface area (Å²) in [5.74, 6) is 0. The summed E-state index contributed by atoms with van der Waals surface area (Å²) in [7, 11) is -3.70. The van der Waals surface area contributed by atoms with Crippen molar-refractivity contribution in [3.05, 3.63) is 29.3 Å². The summed E-state index contributed by atoms with van der Waals surface area (Å²) in [6.07, 6.45) is -2.08. The van der Waals surface area contributed by atoms with Crippen molar-refractivity contribution in [1.82, 2.24) is 4.31 Å². The van der Waals surface area contributed by atoms with Gasteiger partial charge in [-0.2, -0.15) is 4.31 Å². The molecular weight excluding hydrogens is 266 g/mol. The summed E-state index contributed by atoms with van der Waals surface area (Å²) >= 11 is 5.73. The van der Waals surface area contributed by atoms with Crippen LogP contribution in [0.4, 0.5) is 0 Å². The predicted octanol–water partition coefficient (Wildman–Crippen LogP) is 0.0661. The van der Waals surface area contributed by atoms with Crippen LogP contribution < -0.4 is 0 Å². The van der Waals surface area contributed by atoms with Crippen molar-refractivity contribution in [3.8, 4) is 0 Å². The van der Waals surface area contributed by atoms with Gasteiger partial charge >= 0.3 is 0 Å². The Bertz CT molecular complexity index is 509. The third kappa shape index (κ3) is 2.46. The second-order valence-corrected chi connectivity index (χ2v) is 6.29. The van der Waals surface area contributed by atoms with Gasteiger partial charge in [0.2, 0.25) is 10.0 Å². The van der Waals surface area contributed by atoms with Crippen molar-refractivity contribution in [3.63, 3.8) is 0 Å². The van der Waals surface area contributed by atoms with Crippen LogP contribution in [0.25, 0.3) is 0 Å². The van der Waals surface area contributed by atoms with Gasteiger partial charge in [0.1, 0.15) is 0 Å². The number of rotatable bonds is 2. The Balaban J connectivity index is 2.32. The number of halogens is 1. The minimum Gasteiger partial charge on any atom is -0.389 e. The van der Waals surface area contributed by atoms with Crippen LogP contribution in [0.2, 0.25) is 5.02 Å². The number of benzene rings is 1. The summed E-state index contributed by atoms with van der Waals surface area (Å²) in [4.78, 5) is 0.0614. The van der Waals surface area contributed by atoms with Crippen molar-refractivity contribution in [2.45, 2.75) is 17.1 Å². The molecule has 0 bridgehead atoms. The molecule has 5 nitrogen and oxygen atoms in total. The SMILES string of the molecule is O=S(=O)(c1cccc(Cl)c1)N1C[C@@H](O)[C@@H](O)C1. The van der Waals surface area contributed by atoms with Crippen molar-refractivity contribution in [2.75, 3.05) is 13.1 Å². The van der Waals surface area contributed by atoms with Crippen LogP contribution in [0.3, 0.4) is 0 Å². The molecule has 94 valence electrons. The van der Waals surface area contributed by atoms with Crippen molar-refractivity contribution in [1.29, 1.82) is 0 Å². The minimum absolute atomic E-state index is 0.0614. The normalized spacial score (nSPS) is 26.3. The second-order valence-electron chi connectivity index (χ2n) is 3.91. The van der Waals surface area contributed by atoms with Gasteiger partial charge in [-0.1, -0.05) is 17.7 Å². The zero-order valence-electron chi connectivity index (χ0n) is 8.82. The molecule has 2 atom stereocenters. The van der Waals surface area contributed by atoms with Crippen molar-refractivity contribution < 1.29 is 18.6 Å². The van der Waals surface area contributed by atoms with E-state index in [4.69, 9.17) is 11.6 Å². The highest BCUT2D eigenvalue weighted by Gasteiger charge is 2.37. The highest BCUT2D eigenvalue weighted by molar-refractivity contribution is 7.89. The van der Waals surface area contributed by atoms with Gasteiger partial charge in [0, 0.05) is 18.1 Å². The fourth-order valence-corrected chi connectivity index (χ4v) is 3.49. The molecular formula is C10H12ClNO4S. The van der Waals surface area contributed by atoms with Crippen LogP contribution in [0.1, 0.15) is 0 Å². The van der Waals surface area contributed by atoms with E-state index in [2.05, 4.69) is 0 Å². The molecule has 1 saturated heterocycles. The van der Waals surface area contributed by atoms with Gasteiger partial charge in [-0.05, 0) is 18.2 Å². The highest BCUT2D eigenvalue weighted by atomic mass is 35.5. The lowest BCUT2D eigenvalue weighted by molar-refractivity contribution is 0.0572. The zero-order valence-corrected chi connectivity index (χ0v) is 10.4. The van der Waals surface area contributed by atoms with E-state index in [0.29, 0.717) is 5.02 Å². The summed E-state index contributed by atoms with van der Waals surface area (Å²) in [6, 6.07) is 5.89. The lowest BCUT2D eigenvalue weighted by Crippen LogP contribution is -2.29. The van der Waals surface area contributed by atoms with Gasteiger partial charge in [0.25, 0.3) is 0 Å². The van der Waals surface area contributed by atoms with Crippen LogP contribution in [0.15, 0.2) is 29.2 Å². The Labute approximate surface area is 104 Å². The summed E-state index contributed by atoms with van der Waals surface area (Å²) < 4.78 is 25.3. The third-order valence-electron chi connectivity index (χ3n) is 2.66. The van der Waals surface area contributed by atoms with E-state index in [-0.39, 0.29) is 18.0 Å². The summed E-state index contributed by atoms with van der Waals surface area (Å²) in [6.45, 7) is -0.202. The standard InChI is InChI=1S/C10H12ClNO4S/c11-7-2-1-3-8(4-7)17(15,16)12-5-9(13)10(14)6-12/h1-4,9-10,13-14H,5-6H2/t9-,10+. The van der Waals surface area contributed by atoms with Gasteiger partial charge < -0.3 is 10.2 Å². The molecule has 0 aliphatic carbocycles.